The molecule has 29 heavy (non-hydrogen) atoms. The van der Waals surface area contributed by atoms with Crippen LogP contribution in [0.1, 0.15) is 11.1 Å². The average molecular weight is 391 g/mol. The van der Waals surface area contributed by atoms with Gasteiger partial charge in [-0.2, -0.15) is 0 Å². The van der Waals surface area contributed by atoms with Crippen LogP contribution < -0.4 is 15.1 Å². The SMILES string of the molecule is Cc1cccc(N2CCN(c3cc(NCCc4ccc(F)cc4)ncn3)CC2)c1. The van der Waals surface area contributed by atoms with Crippen LogP contribution in [0.4, 0.5) is 21.7 Å². The standard InChI is InChI=1S/C23H26FN5/c1-18-3-2-4-21(15-18)28-11-13-29(14-12-28)23-16-22(26-17-27-23)25-10-9-19-5-7-20(24)8-6-19/h2-8,15-17H,9-14H2,1H3,(H,25,26,27). The number of aryl methyl sites for hydroxylation is 1. The van der Waals surface area contributed by atoms with Gasteiger partial charge in [-0.1, -0.05) is 24.3 Å². The van der Waals surface area contributed by atoms with Crippen molar-refractivity contribution in [1.82, 2.24) is 9.97 Å². The third kappa shape index (κ3) is 5.02. The first-order valence-electron chi connectivity index (χ1n) is 10.0. The molecule has 150 valence electrons. The smallest absolute Gasteiger partial charge is 0.134 e. The van der Waals surface area contributed by atoms with Crippen molar-refractivity contribution in [2.45, 2.75) is 13.3 Å². The minimum Gasteiger partial charge on any atom is -0.370 e. The molecule has 0 atom stereocenters. The number of aromatic nitrogens is 2. The summed E-state index contributed by atoms with van der Waals surface area (Å²) < 4.78 is 13.0. The van der Waals surface area contributed by atoms with Gasteiger partial charge < -0.3 is 15.1 Å². The van der Waals surface area contributed by atoms with E-state index in [1.807, 2.05) is 18.2 Å². The molecule has 2 heterocycles. The van der Waals surface area contributed by atoms with Crippen LogP contribution in [0.15, 0.2) is 60.9 Å². The molecule has 4 rings (SSSR count). The van der Waals surface area contributed by atoms with Crippen molar-refractivity contribution in [3.63, 3.8) is 0 Å². The minimum atomic E-state index is -0.204. The molecule has 0 unspecified atom stereocenters. The number of nitrogens with zero attached hydrogens (tertiary/aromatic N) is 4. The predicted molar refractivity (Wildman–Crippen MR) is 116 cm³/mol. The summed E-state index contributed by atoms with van der Waals surface area (Å²) in [5, 5.41) is 3.35. The molecule has 3 aromatic rings. The second-order valence-electron chi connectivity index (χ2n) is 7.38. The lowest BCUT2D eigenvalue weighted by atomic mass is 10.1. The highest BCUT2D eigenvalue weighted by Crippen LogP contribution is 2.21. The molecule has 0 aliphatic carbocycles. The van der Waals surface area contributed by atoms with Crippen LogP contribution in [0, 0.1) is 12.7 Å². The second-order valence-corrected chi connectivity index (χ2v) is 7.38. The van der Waals surface area contributed by atoms with Gasteiger partial charge >= 0.3 is 0 Å². The molecular formula is C23H26FN5. The molecule has 0 radical (unpaired) electrons. The van der Waals surface area contributed by atoms with Gasteiger partial charge in [0.25, 0.3) is 0 Å². The molecule has 1 N–H and O–H groups in total. The van der Waals surface area contributed by atoms with Crippen molar-refractivity contribution in [2.75, 3.05) is 47.8 Å². The average Bonchev–Trinajstić information content (AvgIpc) is 2.76. The van der Waals surface area contributed by atoms with E-state index < -0.39 is 0 Å². The van der Waals surface area contributed by atoms with Gasteiger partial charge in [0.2, 0.25) is 0 Å². The fraction of sp³-hybridized carbons (Fsp3) is 0.304. The quantitative estimate of drug-likeness (QED) is 0.690. The third-order valence-electron chi connectivity index (χ3n) is 5.26. The number of hydrogen-bond acceptors (Lipinski definition) is 5. The van der Waals surface area contributed by atoms with E-state index in [1.165, 1.54) is 23.4 Å². The van der Waals surface area contributed by atoms with Gasteiger partial charge in [-0.15, -0.1) is 0 Å². The molecule has 5 nitrogen and oxygen atoms in total. The number of piperazine rings is 1. The molecule has 2 aromatic carbocycles. The Morgan fingerprint density at radius 2 is 1.69 bits per heavy atom. The Morgan fingerprint density at radius 1 is 0.931 bits per heavy atom. The normalized spacial score (nSPS) is 14.1. The fourth-order valence-corrected chi connectivity index (χ4v) is 3.62. The molecule has 0 spiro atoms. The van der Waals surface area contributed by atoms with Crippen molar-refractivity contribution in [3.8, 4) is 0 Å². The number of rotatable bonds is 6. The molecule has 1 fully saturated rings. The first-order valence-corrected chi connectivity index (χ1v) is 10.0. The zero-order valence-corrected chi connectivity index (χ0v) is 16.7. The molecule has 1 aliphatic heterocycles. The molecule has 0 saturated carbocycles. The Bertz CT molecular complexity index is 936. The second kappa shape index (κ2) is 8.90. The lowest BCUT2D eigenvalue weighted by molar-refractivity contribution is 0.627. The Labute approximate surface area is 171 Å². The van der Waals surface area contributed by atoms with Crippen LogP contribution in [-0.4, -0.2) is 42.7 Å². The number of benzene rings is 2. The first-order chi connectivity index (χ1) is 14.2. The Balaban J connectivity index is 1.31. The summed E-state index contributed by atoms with van der Waals surface area (Å²) in [6.07, 6.45) is 2.43. The molecule has 1 saturated heterocycles. The summed E-state index contributed by atoms with van der Waals surface area (Å²) in [6.45, 7) is 6.68. The van der Waals surface area contributed by atoms with Crippen LogP contribution in [0.25, 0.3) is 0 Å². The fourth-order valence-electron chi connectivity index (χ4n) is 3.62. The van der Waals surface area contributed by atoms with Gasteiger partial charge in [0.05, 0.1) is 0 Å². The van der Waals surface area contributed by atoms with Gasteiger partial charge in [-0.25, -0.2) is 14.4 Å². The van der Waals surface area contributed by atoms with Crippen LogP contribution in [0.3, 0.4) is 0 Å². The lowest BCUT2D eigenvalue weighted by Gasteiger charge is -2.36. The number of halogens is 1. The maximum atomic E-state index is 13.0. The van der Waals surface area contributed by atoms with E-state index in [-0.39, 0.29) is 5.82 Å². The number of nitrogens with one attached hydrogen (secondary N) is 1. The highest BCUT2D eigenvalue weighted by Gasteiger charge is 2.18. The van der Waals surface area contributed by atoms with Crippen LogP contribution in [0.2, 0.25) is 0 Å². The van der Waals surface area contributed by atoms with Crippen molar-refractivity contribution in [1.29, 1.82) is 0 Å². The van der Waals surface area contributed by atoms with Gasteiger partial charge in [0, 0.05) is 44.5 Å². The maximum absolute atomic E-state index is 13.0. The summed E-state index contributed by atoms with van der Waals surface area (Å²) in [6, 6.07) is 17.3. The van der Waals surface area contributed by atoms with E-state index in [2.05, 4.69) is 56.3 Å². The summed E-state index contributed by atoms with van der Waals surface area (Å²) in [4.78, 5) is 13.5. The van der Waals surface area contributed by atoms with Gasteiger partial charge in [0.1, 0.15) is 23.8 Å². The zero-order valence-electron chi connectivity index (χ0n) is 16.7. The van der Waals surface area contributed by atoms with Gasteiger partial charge in [0.15, 0.2) is 0 Å². The lowest BCUT2D eigenvalue weighted by Crippen LogP contribution is -2.46. The van der Waals surface area contributed by atoms with E-state index >= 15 is 0 Å². The van der Waals surface area contributed by atoms with E-state index in [1.54, 1.807) is 6.33 Å². The third-order valence-corrected chi connectivity index (χ3v) is 5.26. The largest absolute Gasteiger partial charge is 0.370 e. The molecule has 1 aromatic heterocycles. The molecule has 0 bridgehead atoms. The predicted octanol–water partition coefficient (Wildman–Crippen LogP) is 3.91. The molecule has 1 aliphatic rings. The highest BCUT2D eigenvalue weighted by atomic mass is 19.1. The van der Waals surface area contributed by atoms with E-state index in [9.17, 15) is 4.39 Å². The number of anilines is 3. The molecule has 6 heteroatoms. The number of hydrogen-bond donors (Lipinski definition) is 1. The zero-order chi connectivity index (χ0) is 20.1. The van der Waals surface area contributed by atoms with Crippen molar-refractivity contribution in [2.24, 2.45) is 0 Å². The highest BCUT2D eigenvalue weighted by molar-refractivity contribution is 5.53. The molecular weight excluding hydrogens is 365 g/mol. The van der Waals surface area contributed by atoms with Gasteiger partial charge in [-0.05, 0) is 48.7 Å². The van der Waals surface area contributed by atoms with Crippen LogP contribution in [-0.2, 0) is 6.42 Å². The first kappa shape index (κ1) is 19.2. The van der Waals surface area contributed by atoms with Crippen molar-refractivity contribution < 1.29 is 4.39 Å². The van der Waals surface area contributed by atoms with Crippen LogP contribution >= 0.6 is 0 Å². The molecule has 0 amide bonds. The summed E-state index contributed by atoms with van der Waals surface area (Å²) in [5.41, 5.74) is 3.67. The summed E-state index contributed by atoms with van der Waals surface area (Å²) in [5.74, 6) is 1.57. The summed E-state index contributed by atoms with van der Waals surface area (Å²) >= 11 is 0. The Hall–Kier alpha value is -3.15. The minimum absolute atomic E-state index is 0.204. The van der Waals surface area contributed by atoms with Gasteiger partial charge in [-0.3, -0.25) is 0 Å². The van der Waals surface area contributed by atoms with Crippen molar-refractivity contribution >= 4 is 17.3 Å². The van der Waals surface area contributed by atoms with Crippen LogP contribution in [0.5, 0.6) is 0 Å². The maximum Gasteiger partial charge on any atom is 0.134 e. The topological polar surface area (TPSA) is 44.3 Å². The van der Waals surface area contributed by atoms with E-state index in [0.29, 0.717) is 0 Å². The monoisotopic (exact) mass is 391 g/mol. The van der Waals surface area contributed by atoms with Crippen molar-refractivity contribution in [3.05, 3.63) is 77.9 Å². The Morgan fingerprint density at radius 3 is 2.45 bits per heavy atom. The van der Waals surface area contributed by atoms with E-state index in [0.717, 1.165) is 56.3 Å². The Kier molecular flexibility index (Phi) is 5.89. The summed E-state index contributed by atoms with van der Waals surface area (Å²) in [7, 11) is 0. The van der Waals surface area contributed by atoms with E-state index in [4.69, 9.17) is 0 Å².